The first kappa shape index (κ1) is 52.1. The van der Waals surface area contributed by atoms with Crippen molar-refractivity contribution >= 4 is 17.9 Å². The van der Waals surface area contributed by atoms with E-state index in [2.05, 4.69) is 26.0 Å². The molecular formula is C46H88NO7+. The monoisotopic (exact) mass is 767 g/mol. The van der Waals surface area contributed by atoms with Gasteiger partial charge in [0.2, 0.25) is 0 Å². The number of carbonyl (C=O) groups excluding carboxylic acids is 2. The number of hydrogen-bond acceptors (Lipinski definition) is 6. The van der Waals surface area contributed by atoms with Crippen LogP contribution in [0.5, 0.6) is 0 Å². The summed E-state index contributed by atoms with van der Waals surface area (Å²) in [6.07, 6.45) is 39.6. The van der Waals surface area contributed by atoms with Crippen molar-refractivity contribution in [1.82, 2.24) is 0 Å². The maximum Gasteiger partial charge on any atom is 0.362 e. The number of unbranched alkanes of at least 4 members (excludes halogenated alkanes) is 25. The highest BCUT2D eigenvalue weighted by molar-refractivity contribution is 5.72. The molecule has 0 aliphatic carbocycles. The average Bonchev–Trinajstić information content (AvgIpc) is 3.12. The Balaban J connectivity index is 4.31. The molecule has 8 heteroatoms. The van der Waals surface area contributed by atoms with Crippen LogP contribution < -0.4 is 0 Å². The topological polar surface area (TPSA) is 99.1 Å². The average molecular weight is 767 g/mol. The molecule has 0 amide bonds. The summed E-state index contributed by atoms with van der Waals surface area (Å²) in [7, 11) is 5.53. The Morgan fingerprint density at radius 3 is 1.33 bits per heavy atom. The lowest BCUT2D eigenvalue weighted by Gasteiger charge is -2.31. The molecule has 0 spiro atoms. The lowest BCUT2D eigenvalue weighted by atomic mass is 10.0. The Hall–Kier alpha value is -1.93. The van der Waals surface area contributed by atoms with Gasteiger partial charge in [0, 0.05) is 19.3 Å². The van der Waals surface area contributed by atoms with Gasteiger partial charge in [0.1, 0.15) is 6.61 Å². The number of carbonyl (C=O) groups is 3. The lowest BCUT2D eigenvalue weighted by molar-refractivity contribution is -0.887. The number of nitrogens with zero attached hydrogens (tertiary/aromatic N) is 1. The van der Waals surface area contributed by atoms with Crippen molar-refractivity contribution < 1.29 is 38.2 Å². The van der Waals surface area contributed by atoms with Gasteiger partial charge in [-0.25, -0.2) is 4.79 Å². The smallest absolute Gasteiger partial charge is 0.362 e. The molecule has 0 bridgehead atoms. The van der Waals surface area contributed by atoms with Gasteiger partial charge in [0.05, 0.1) is 34.4 Å². The van der Waals surface area contributed by atoms with Gasteiger partial charge in [-0.05, 0) is 38.5 Å². The van der Waals surface area contributed by atoms with Gasteiger partial charge in [-0.2, -0.15) is 0 Å². The van der Waals surface area contributed by atoms with E-state index >= 15 is 0 Å². The fourth-order valence-electron chi connectivity index (χ4n) is 6.85. The van der Waals surface area contributed by atoms with Gasteiger partial charge in [-0.3, -0.25) is 9.59 Å². The highest BCUT2D eigenvalue weighted by Crippen LogP contribution is 2.15. The van der Waals surface area contributed by atoms with E-state index in [0.29, 0.717) is 19.3 Å². The molecule has 0 rings (SSSR count). The minimum Gasteiger partial charge on any atom is -0.477 e. The molecule has 0 aliphatic rings. The molecule has 0 radical (unpaired) electrons. The van der Waals surface area contributed by atoms with Crippen molar-refractivity contribution in [2.45, 2.75) is 225 Å². The van der Waals surface area contributed by atoms with Crippen LogP contribution in [-0.2, 0) is 28.6 Å². The van der Waals surface area contributed by atoms with Gasteiger partial charge in [-0.1, -0.05) is 167 Å². The highest BCUT2D eigenvalue weighted by atomic mass is 16.6. The van der Waals surface area contributed by atoms with Gasteiger partial charge in [0.25, 0.3) is 0 Å². The van der Waals surface area contributed by atoms with Crippen LogP contribution in [0, 0.1) is 0 Å². The zero-order chi connectivity index (χ0) is 40.0. The summed E-state index contributed by atoms with van der Waals surface area (Å²) in [6.45, 7) is 4.75. The van der Waals surface area contributed by atoms with Crippen LogP contribution in [0.1, 0.15) is 213 Å². The largest absolute Gasteiger partial charge is 0.477 e. The van der Waals surface area contributed by atoms with Crippen molar-refractivity contribution in [1.29, 1.82) is 0 Å². The number of aliphatic carboxylic acids is 1. The van der Waals surface area contributed by atoms with Crippen molar-refractivity contribution in [3.05, 3.63) is 12.2 Å². The lowest BCUT2D eigenvalue weighted by Crippen LogP contribution is -2.50. The molecule has 0 aromatic heterocycles. The number of allylic oxidation sites excluding steroid dienone is 2. The van der Waals surface area contributed by atoms with E-state index < -0.39 is 18.1 Å². The predicted molar refractivity (Wildman–Crippen MR) is 225 cm³/mol. The maximum absolute atomic E-state index is 12.7. The van der Waals surface area contributed by atoms with E-state index in [4.69, 9.17) is 14.2 Å². The summed E-state index contributed by atoms with van der Waals surface area (Å²) < 4.78 is 17.3. The second kappa shape index (κ2) is 38.0. The molecule has 8 nitrogen and oxygen atoms in total. The zero-order valence-corrected chi connectivity index (χ0v) is 36.2. The summed E-state index contributed by atoms with van der Waals surface area (Å²) in [5.41, 5.74) is 0. The molecule has 1 N–H and O–H groups in total. The highest BCUT2D eigenvalue weighted by Gasteiger charge is 2.31. The molecule has 54 heavy (non-hydrogen) atoms. The van der Waals surface area contributed by atoms with Crippen molar-refractivity contribution in [2.24, 2.45) is 0 Å². The van der Waals surface area contributed by atoms with Gasteiger partial charge in [0.15, 0.2) is 12.1 Å². The van der Waals surface area contributed by atoms with Crippen LogP contribution in [0.15, 0.2) is 12.2 Å². The third kappa shape index (κ3) is 35.8. The number of carboxylic acid groups (broad SMARTS) is 1. The van der Waals surface area contributed by atoms with E-state index in [1.165, 1.54) is 128 Å². The zero-order valence-electron chi connectivity index (χ0n) is 36.2. The minimum absolute atomic E-state index is 0.0482. The fourth-order valence-corrected chi connectivity index (χ4v) is 6.85. The van der Waals surface area contributed by atoms with Crippen LogP contribution in [0.25, 0.3) is 0 Å². The van der Waals surface area contributed by atoms with Crippen molar-refractivity contribution in [3.8, 4) is 0 Å². The number of esters is 2. The molecular weight excluding hydrogens is 679 g/mol. The fraction of sp³-hybridized carbons (Fsp3) is 0.891. The van der Waals surface area contributed by atoms with Crippen molar-refractivity contribution in [3.63, 3.8) is 0 Å². The van der Waals surface area contributed by atoms with E-state index in [-0.39, 0.29) is 36.2 Å². The summed E-state index contributed by atoms with van der Waals surface area (Å²) in [4.78, 5) is 37.0. The van der Waals surface area contributed by atoms with E-state index in [1.54, 1.807) is 0 Å². The molecule has 0 aliphatic heterocycles. The summed E-state index contributed by atoms with van der Waals surface area (Å²) in [5, 5.41) is 9.62. The molecule has 2 atom stereocenters. The summed E-state index contributed by atoms with van der Waals surface area (Å²) in [5.74, 6) is -1.46. The second-order valence-corrected chi connectivity index (χ2v) is 16.7. The van der Waals surface area contributed by atoms with Crippen LogP contribution >= 0.6 is 0 Å². The van der Waals surface area contributed by atoms with Crippen LogP contribution in [0.2, 0.25) is 0 Å². The maximum atomic E-state index is 12.7. The molecule has 0 saturated heterocycles. The number of hydrogen-bond donors (Lipinski definition) is 1. The first-order chi connectivity index (χ1) is 26.1. The summed E-state index contributed by atoms with van der Waals surface area (Å²) >= 11 is 0. The molecule has 0 heterocycles. The molecule has 0 aromatic carbocycles. The molecule has 2 unspecified atom stereocenters. The Labute approximate surface area is 333 Å². The van der Waals surface area contributed by atoms with Gasteiger partial charge >= 0.3 is 17.9 Å². The quantitative estimate of drug-likeness (QED) is 0.0286. The molecule has 318 valence electrons. The van der Waals surface area contributed by atoms with Gasteiger partial charge in [-0.15, -0.1) is 0 Å². The standard InChI is InChI=1S/C46H87NO7/c1-6-8-10-12-14-16-18-20-22-24-26-28-30-32-34-36-44(48)53-41-42(40-52-39-38-43(46(50)51)47(3,4)5)54-45(49)37-35-33-31-29-27-25-23-21-19-17-15-13-11-9-7-2/h21,23,42-43H,6-20,22,24-41H2,1-5H3/p+1/b23-21-. The van der Waals surface area contributed by atoms with E-state index in [9.17, 15) is 19.5 Å². The predicted octanol–water partition coefficient (Wildman–Crippen LogP) is 12.3. The van der Waals surface area contributed by atoms with Crippen LogP contribution in [0.3, 0.4) is 0 Å². The SMILES string of the molecule is CCCCCCCC/C=C\CCCCCCCC(=O)OC(COCCC(C(=O)O)[N+](C)(C)C)COC(=O)CCCCCCCCCCCCCCCCC. The van der Waals surface area contributed by atoms with Crippen LogP contribution in [-0.4, -0.2) is 80.6 Å². The third-order valence-corrected chi connectivity index (χ3v) is 10.4. The number of quaternary nitrogens is 1. The number of ether oxygens (including phenoxy) is 3. The van der Waals surface area contributed by atoms with E-state index in [0.717, 1.165) is 51.4 Å². The normalized spacial score (nSPS) is 13.0. The number of rotatable bonds is 41. The summed E-state index contributed by atoms with van der Waals surface area (Å²) in [6, 6.07) is -0.611. The Morgan fingerprint density at radius 2 is 0.926 bits per heavy atom. The van der Waals surface area contributed by atoms with E-state index in [1.807, 2.05) is 21.1 Å². The third-order valence-electron chi connectivity index (χ3n) is 10.4. The molecule has 0 saturated carbocycles. The Bertz CT molecular complexity index is 900. The first-order valence-corrected chi connectivity index (χ1v) is 22.7. The minimum atomic E-state index is -0.873. The number of carboxylic acids is 1. The van der Waals surface area contributed by atoms with Crippen molar-refractivity contribution in [2.75, 3.05) is 41.0 Å². The first-order valence-electron chi connectivity index (χ1n) is 22.7. The molecule has 0 aromatic rings. The second-order valence-electron chi connectivity index (χ2n) is 16.7. The van der Waals surface area contributed by atoms with Crippen LogP contribution in [0.4, 0.5) is 0 Å². The number of likely N-dealkylation sites (N-methyl/N-ethyl adjacent to an activating group) is 1. The van der Waals surface area contributed by atoms with Gasteiger partial charge < -0.3 is 23.8 Å². The Morgan fingerprint density at radius 1 is 0.537 bits per heavy atom. The molecule has 0 fully saturated rings. The Kier molecular flexibility index (Phi) is 36.6.